The van der Waals surface area contributed by atoms with E-state index in [0.717, 1.165) is 0 Å². The monoisotopic (exact) mass is 632 g/mol. The molecule has 37 heteroatoms. The molecule has 0 rings (SSSR count). The Hall–Kier alpha value is -0.0203. The first-order valence-electron chi connectivity index (χ1n) is 3.10. The van der Waals surface area contributed by atoms with Gasteiger partial charge in [-0.05, 0) is 0 Å². The van der Waals surface area contributed by atoms with Gasteiger partial charge >= 0.3 is 58.8 Å². The number of rotatable bonds is 0. The van der Waals surface area contributed by atoms with Crippen LogP contribution >= 0.6 is 0 Å². The molecule has 0 aromatic rings. The van der Waals surface area contributed by atoms with E-state index in [9.17, 15) is 0 Å². The predicted octanol–water partition coefficient (Wildman–Crippen LogP) is -27.6. The Labute approximate surface area is 230 Å². The largest absolute Gasteiger partial charge is 1.00 e. The van der Waals surface area contributed by atoms with E-state index < -0.39 is 29.3 Å². The van der Waals surface area contributed by atoms with Crippen LogP contribution in [-0.2, 0) is 0 Å². The van der Waals surface area contributed by atoms with Crippen LogP contribution in [0.4, 0.5) is 0 Å². The molecule has 0 spiro atoms. The van der Waals surface area contributed by atoms with E-state index in [-0.39, 0.29) is 141 Å². The number of hydrogen-bond donors (Lipinski definition) is 12. The fourth-order valence-electron chi connectivity index (χ4n) is 0. The van der Waals surface area contributed by atoms with Crippen molar-refractivity contribution in [3.63, 3.8) is 0 Å². The van der Waals surface area contributed by atoms with Gasteiger partial charge in [-0.15, -0.1) is 0 Å². The Balaban J connectivity index is -0.00000000176. The van der Waals surface area contributed by atoms with Gasteiger partial charge in [-0.1, -0.05) is 0 Å². The summed E-state index contributed by atoms with van der Waals surface area (Å²) in [6.45, 7) is 0. The first kappa shape index (κ1) is 334. The van der Waals surface area contributed by atoms with Crippen molar-refractivity contribution in [1.29, 1.82) is 0 Å². The molecule has 0 aromatic carbocycles. The van der Waals surface area contributed by atoms with E-state index in [0.29, 0.717) is 0 Å². The molecule has 0 heterocycles. The Morgan fingerprint density at radius 2 is 0.189 bits per heavy atom. The van der Waals surface area contributed by atoms with Crippen molar-refractivity contribution < 1.29 is 201 Å². The molecule has 0 aliphatic rings. The molecule has 0 aliphatic heterocycles. The summed E-state index contributed by atoms with van der Waals surface area (Å²) in [6, 6.07) is 0. The maximum absolute atomic E-state index is 7.17. The van der Waals surface area contributed by atoms with Gasteiger partial charge in [-0.2, -0.15) is 0 Å². The summed E-state index contributed by atoms with van der Waals surface area (Å²) >= 11 is 0. The summed E-state index contributed by atoms with van der Waals surface area (Å²) in [4.78, 5) is 0. The van der Waals surface area contributed by atoms with Crippen LogP contribution in [0.3, 0.4) is 0 Å². The van der Waals surface area contributed by atoms with Crippen molar-refractivity contribution in [2.24, 2.45) is 0 Å². The molecule has 0 aromatic heterocycles. The second kappa shape index (κ2) is 307. The SMILES string of the molecule is O.O.O.O.O.O.O.O.O.O.O.O.O.O.O.O.O.O.O.O.OB(O)O.OB(O)O.OB(O)O.OB(O)O.[H-].[Na+]. The zero-order chi connectivity index (χ0) is 14.3. The fraction of sp³-hybridized carbons (Fsp3) is 0. The minimum Gasteiger partial charge on any atom is -1.00 e. The Morgan fingerprint density at radius 1 is 0.189 bits per heavy atom. The average Bonchev–Trinajstić information content (AvgIpc) is 1.76. The quantitative estimate of drug-likeness (QED) is 0.111. The maximum Gasteiger partial charge on any atom is 1.00 e. The molecular weight excluding hydrogens is 578 g/mol. The van der Waals surface area contributed by atoms with Crippen LogP contribution in [0.25, 0.3) is 0 Å². The number of hydrogen-bond acceptors (Lipinski definition) is 12. The zero-order valence-electron chi connectivity index (χ0n) is 19.7. The zero-order valence-corrected chi connectivity index (χ0v) is 20.7. The first-order chi connectivity index (χ1) is 6.93. The minimum atomic E-state index is -2.17. The Morgan fingerprint density at radius 3 is 0.189 bits per heavy atom. The van der Waals surface area contributed by atoms with E-state index >= 15 is 0 Å². The fourth-order valence-corrected chi connectivity index (χ4v) is 0. The molecule has 32 nitrogen and oxygen atoms in total. The van der Waals surface area contributed by atoms with E-state index in [2.05, 4.69) is 0 Å². The first-order valence-corrected chi connectivity index (χ1v) is 3.10. The normalized spacial score (nSPS) is 2.92. The van der Waals surface area contributed by atoms with Gasteiger partial charge in [0.25, 0.3) is 0 Å². The van der Waals surface area contributed by atoms with Crippen molar-refractivity contribution in [2.75, 3.05) is 0 Å². The van der Waals surface area contributed by atoms with Crippen molar-refractivity contribution in [3.05, 3.63) is 0 Å². The van der Waals surface area contributed by atoms with Gasteiger partial charge in [0.1, 0.15) is 0 Å². The van der Waals surface area contributed by atoms with Crippen LogP contribution in [-0.4, -0.2) is 199 Å². The third-order valence-electron chi connectivity index (χ3n) is 0. The maximum atomic E-state index is 7.17. The molecule has 258 valence electrons. The molecular formula is H53B4NaO32. The van der Waals surface area contributed by atoms with E-state index in [1.807, 2.05) is 0 Å². The minimum absolute atomic E-state index is 0. The molecule has 0 bridgehead atoms. The molecule has 0 unspecified atom stereocenters. The van der Waals surface area contributed by atoms with Crippen LogP contribution < -0.4 is 29.6 Å². The van der Waals surface area contributed by atoms with E-state index in [1.54, 1.807) is 0 Å². The van der Waals surface area contributed by atoms with Crippen LogP contribution in [0.2, 0.25) is 0 Å². The third-order valence-corrected chi connectivity index (χ3v) is 0. The van der Waals surface area contributed by atoms with Crippen LogP contribution in [0.1, 0.15) is 1.43 Å². The van der Waals surface area contributed by atoms with Gasteiger partial charge in [0.05, 0.1) is 0 Å². The molecule has 0 radical (unpaired) electrons. The van der Waals surface area contributed by atoms with E-state index in [4.69, 9.17) is 60.3 Å². The molecule has 0 aliphatic carbocycles. The van der Waals surface area contributed by atoms with Gasteiger partial charge in [-0.25, -0.2) is 0 Å². The summed E-state index contributed by atoms with van der Waals surface area (Å²) in [5, 5.41) is 86.0. The standard InChI is InChI=1S/4BH3O3.Na.20H2O.H/c4*2-1(3)4;;;;;;;;;;;;;;;;;;;;;;/h4*2-4H;;20*1H2;/q;;;;+1;;;;;;;;;;;;;;;;;;;;;-1. The second-order valence-electron chi connectivity index (χ2n) is 1.39. The molecule has 37 heavy (non-hydrogen) atoms. The summed E-state index contributed by atoms with van der Waals surface area (Å²) in [6.07, 6.45) is 0. The molecule has 0 amide bonds. The van der Waals surface area contributed by atoms with Crippen LogP contribution in [0, 0.1) is 0 Å². The summed E-state index contributed by atoms with van der Waals surface area (Å²) in [5.41, 5.74) is 0. The summed E-state index contributed by atoms with van der Waals surface area (Å²) in [5.74, 6) is 0. The van der Waals surface area contributed by atoms with Gasteiger partial charge in [-0.3, -0.25) is 0 Å². The van der Waals surface area contributed by atoms with Crippen molar-refractivity contribution in [1.82, 2.24) is 0 Å². The van der Waals surface area contributed by atoms with Crippen molar-refractivity contribution >= 4 is 29.3 Å². The van der Waals surface area contributed by atoms with Crippen LogP contribution in [0.15, 0.2) is 0 Å². The summed E-state index contributed by atoms with van der Waals surface area (Å²) in [7, 11) is -8.67. The van der Waals surface area contributed by atoms with Gasteiger partial charge < -0.3 is 171 Å². The topological polar surface area (TPSA) is 873 Å². The molecule has 0 atom stereocenters. The smallest absolute Gasteiger partial charge is 1.00 e. The third kappa shape index (κ3) is 101000000. The predicted molar refractivity (Wildman–Crippen MR) is 123 cm³/mol. The van der Waals surface area contributed by atoms with Gasteiger partial charge in [0.15, 0.2) is 0 Å². The van der Waals surface area contributed by atoms with Gasteiger partial charge in [0.2, 0.25) is 0 Å². The average molecular weight is 632 g/mol. The molecule has 0 saturated carbocycles. The van der Waals surface area contributed by atoms with Crippen molar-refractivity contribution in [3.8, 4) is 0 Å². The summed E-state index contributed by atoms with van der Waals surface area (Å²) < 4.78 is 0. The van der Waals surface area contributed by atoms with Crippen LogP contribution in [0.5, 0.6) is 0 Å². The van der Waals surface area contributed by atoms with Gasteiger partial charge in [0, 0.05) is 0 Å². The Bertz CT molecular complexity index is 74.4. The Kier molecular flexibility index (Phi) is 2770. The molecule has 52 N–H and O–H groups in total. The molecule has 0 saturated heterocycles. The van der Waals surface area contributed by atoms with Crippen molar-refractivity contribution in [2.45, 2.75) is 0 Å². The second-order valence-corrected chi connectivity index (χ2v) is 1.39. The van der Waals surface area contributed by atoms with E-state index in [1.165, 1.54) is 0 Å². The molecule has 0 fully saturated rings.